The maximum atomic E-state index is 12.3. The zero-order valence-electron chi connectivity index (χ0n) is 14.9. The Kier molecular flexibility index (Phi) is 4.99. The molecule has 0 unspecified atom stereocenters. The highest BCUT2D eigenvalue weighted by atomic mass is 32.1. The number of thiazole rings is 1. The summed E-state index contributed by atoms with van der Waals surface area (Å²) in [5.41, 5.74) is 2.65. The van der Waals surface area contributed by atoms with E-state index < -0.39 is 0 Å². The van der Waals surface area contributed by atoms with Gasteiger partial charge in [-0.05, 0) is 18.6 Å². The van der Waals surface area contributed by atoms with Gasteiger partial charge in [-0.15, -0.1) is 11.3 Å². The molecule has 6 nitrogen and oxygen atoms in total. The number of amides is 3. The van der Waals surface area contributed by atoms with Gasteiger partial charge in [0.25, 0.3) is 11.8 Å². The monoisotopic (exact) mass is 391 g/mol. The number of benzene rings is 2. The number of imide groups is 1. The molecular weight excluding hydrogens is 374 g/mol. The average Bonchev–Trinajstić information content (AvgIpc) is 3.28. The molecule has 1 aromatic heterocycles. The van der Waals surface area contributed by atoms with Crippen molar-refractivity contribution in [3.63, 3.8) is 0 Å². The summed E-state index contributed by atoms with van der Waals surface area (Å²) < 4.78 is 0. The third kappa shape index (κ3) is 3.57. The molecular formula is C21H17N3O3S. The van der Waals surface area contributed by atoms with Crippen molar-refractivity contribution in [1.82, 2.24) is 9.88 Å². The minimum absolute atomic E-state index is 0.189. The van der Waals surface area contributed by atoms with Gasteiger partial charge in [0, 0.05) is 23.9 Å². The topological polar surface area (TPSA) is 79.4 Å². The number of nitrogens with one attached hydrogen (secondary N) is 1. The Hall–Kier alpha value is -3.32. The number of rotatable bonds is 6. The molecule has 1 aliphatic heterocycles. The second-order valence-corrected chi connectivity index (χ2v) is 7.22. The average molecular weight is 391 g/mol. The van der Waals surface area contributed by atoms with E-state index in [0.29, 0.717) is 22.7 Å². The Labute approximate surface area is 165 Å². The third-order valence-electron chi connectivity index (χ3n) is 4.48. The smallest absolute Gasteiger partial charge is 0.261 e. The molecule has 1 aliphatic rings. The quantitative estimate of drug-likeness (QED) is 0.648. The minimum Gasteiger partial charge on any atom is -0.302 e. The van der Waals surface area contributed by atoms with Crippen molar-refractivity contribution in [3.8, 4) is 11.3 Å². The van der Waals surface area contributed by atoms with E-state index in [9.17, 15) is 14.4 Å². The van der Waals surface area contributed by atoms with Gasteiger partial charge in [0.1, 0.15) is 0 Å². The number of fused-ring (bicyclic) bond motifs is 1. The number of hydrogen-bond donors (Lipinski definition) is 1. The summed E-state index contributed by atoms with van der Waals surface area (Å²) in [7, 11) is 0. The highest BCUT2D eigenvalue weighted by Crippen LogP contribution is 2.25. The summed E-state index contributed by atoms with van der Waals surface area (Å²) in [6.45, 7) is 0.215. The van der Waals surface area contributed by atoms with Gasteiger partial charge in [0.2, 0.25) is 5.91 Å². The number of anilines is 1. The maximum absolute atomic E-state index is 12.3. The largest absolute Gasteiger partial charge is 0.302 e. The number of aromatic nitrogens is 1. The lowest BCUT2D eigenvalue weighted by molar-refractivity contribution is -0.116. The number of carbonyl (C=O) groups is 3. The Morgan fingerprint density at radius 3 is 2.29 bits per heavy atom. The van der Waals surface area contributed by atoms with Gasteiger partial charge in [0.05, 0.1) is 16.8 Å². The lowest BCUT2D eigenvalue weighted by atomic mass is 10.1. The van der Waals surface area contributed by atoms with Crippen molar-refractivity contribution in [2.45, 2.75) is 12.8 Å². The van der Waals surface area contributed by atoms with E-state index >= 15 is 0 Å². The molecule has 1 N–H and O–H groups in total. The molecule has 7 heteroatoms. The van der Waals surface area contributed by atoms with Crippen LogP contribution < -0.4 is 5.32 Å². The van der Waals surface area contributed by atoms with Gasteiger partial charge in [-0.25, -0.2) is 4.98 Å². The Bertz CT molecular complexity index is 1010. The van der Waals surface area contributed by atoms with Crippen LogP contribution in [0, 0.1) is 0 Å². The van der Waals surface area contributed by atoms with Crippen molar-refractivity contribution in [3.05, 3.63) is 71.1 Å². The van der Waals surface area contributed by atoms with E-state index in [4.69, 9.17) is 0 Å². The van der Waals surface area contributed by atoms with Gasteiger partial charge >= 0.3 is 0 Å². The van der Waals surface area contributed by atoms with Crippen LogP contribution in [0.15, 0.2) is 60.0 Å². The fourth-order valence-corrected chi connectivity index (χ4v) is 3.83. The molecule has 0 saturated carbocycles. The van der Waals surface area contributed by atoms with Crippen molar-refractivity contribution in [2.75, 3.05) is 11.9 Å². The Balaban J connectivity index is 1.30. The molecule has 28 heavy (non-hydrogen) atoms. The zero-order valence-corrected chi connectivity index (χ0v) is 15.7. The summed E-state index contributed by atoms with van der Waals surface area (Å²) in [4.78, 5) is 42.4. The number of nitrogens with zero attached hydrogens (tertiary/aromatic N) is 2. The first-order chi connectivity index (χ1) is 13.6. The molecule has 0 aliphatic carbocycles. The lowest BCUT2D eigenvalue weighted by Crippen LogP contribution is -2.31. The molecule has 4 rings (SSSR count). The van der Waals surface area contributed by atoms with E-state index in [2.05, 4.69) is 10.3 Å². The van der Waals surface area contributed by atoms with E-state index in [0.717, 1.165) is 11.3 Å². The zero-order chi connectivity index (χ0) is 19.5. The predicted octanol–water partition coefficient (Wildman–Crippen LogP) is 3.83. The van der Waals surface area contributed by atoms with Crippen molar-refractivity contribution < 1.29 is 14.4 Å². The van der Waals surface area contributed by atoms with Crippen LogP contribution in [-0.4, -0.2) is 34.2 Å². The fraction of sp³-hybridized carbons (Fsp3) is 0.143. The molecule has 0 radical (unpaired) electrons. The summed E-state index contributed by atoms with van der Waals surface area (Å²) in [6, 6.07) is 16.5. The van der Waals surface area contributed by atoms with Gasteiger partial charge < -0.3 is 5.32 Å². The first-order valence-electron chi connectivity index (χ1n) is 8.89. The van der Waals surface area contributed by atoms with Crippen LogP contribution in [-0.2, 0) is 4.79 Å². The third-order valence-corrected chi connectivity index (χ3v) is 5.24. The summed E-state index contributed by atoms with van der Waals surface area (Å²) in [5.74, 6) is -0.785. The van der Waals surface area contributed by atoms with Crippen LogP contribution in [0.5, 0.6) is 0 Å². The lowest BCUT2D eigenvalue weighted by Gasteiger charge is -2.13. The normalized spacial score (nSPS) is 12.9. The molecule has 2 aromatic carbocycles. The standard InChI is InChI=1S/C21H17N3O3S/c25-18(23-21-22-17(13-28-21)14-7-2-1-3-8-14)11-6-12-24-19(26)15-9-4-5-10-16(15)20(24)27/h1-5,7-10,13H,6,11-12H2,(H,22,23,25). The first-order valence-corrected chi connectivity index (χ1v) is 9.77. The van der Waals surface area contributed by atoms with Crippen molar-refractivity contribution in [2.24, 2.45) is 0 Å². The van der Waals surface area contributed by atoms with Gasteiger partial charge in [-0.2, -0.15) is 0 Å². The fourth-order valence-electron chi connectivity index (χ4n) is 3.09. The highest BCUT2D eigenvalue weighted by Gasteiger charge is 2.34. The van der Waals surface area contributed by atoms with E-state index in [1.165, 1.54) is 16.2 Å². The van der Waals surface area contributed by atoms with Crippen LogP contribution in [0.2, 0.25) is 0 Å². The highest BCUT2D eigenvalue weighted by molar-refractivity contribution is 7.14. The number of carbonyl (C=O) groups excluding carboxylic acids is 3. The summed E-state index contributed by atoms with van der Waals surface area (Å²) >= 11 is 1.36. The van der Waals surface area contributed by atoms with Crippen molar-refractivity contribution in [1.29, 1.82) is 0 Å². The predicted molar refractivity (Wildman–Crippen MR) is 107 cm³/mol. The SMILES string of the molecule is O=C(CCCN1C(=O)c2ccccc2C1=O)Nc1nc(-c2ccccc2)cs1. The molecule has 0 fully saturated rings. The van der Waals surface area contributed by atoms with Crippen LogP contribution in [0.25, 0.3) is 11.3 Å². The molecule has 3 aromatic rings. The van der Waals surface area contributed by atoms with Gasteiger partial charge in [-0.3, -0.25) is 19.3 Å². The number of hydrogen-bond acceptors (Lipinski definition) is 5. The Morgan fingerprint density at radius 2 is 1.61 bits per heavy atom. The molecule has 0 atom stereocenters. The summed E-state index contributed by atoms with van der Waals surface area (Å²) in [6.07, 6.45) is 0.599. The molecule has 140 valence electrons. The van der Waals surface area contributed by atoms with E-state index in [1.54, 1.807) is 24.3 Å². The second-order valence-electron chi connectivity index (χ2n) is 6.36. The van der Waals surface area contributed by atoms with Gasteiger partial charge in [-0.1, -0.05) is 42.5 Å². The van der Waals surface area contributed by atoms with Crippen molar-refractivity contribution >= 4 is 34.2 Å². The molecule has 2 heterocycles. The Morgan fingerprint density at radius 1 is 0.964 bits per heavy atom. The second kappa shape index (κ2) is 7.74. The van der Waals surface area contributed by atoms with Crippen LogP contribution in [0.3, 0.4) is 0 Å². The van der Waals surface area contributed by atoms with Crippen LogP contribution >= 0.6 is 11.3 Å². The molecule has 0 saturated heterocycles. The van der Waals surface area contributed by atoms with E-state index in [-0.39, 0.29) is 30.7 Å². The molecule has 3 amide bonds. The first kappa shape index (κ1) is 18.1. The van der Waals surface area contributed by atoms with E-state index in [1.807, 2.05) is 35.7 Å². The molecule has 0 bridgehead atoms. The van der Waals surface area contributed by atoms with Crippen LogP contribution in [0.4, 0.5) is 5.13 Å². The molecule has 0 spiro atoms. The minimum atomic E-state index is -0.298. The maximum Gasteiger partial charge on any atom is 0.261 e. The van der Waals surface area contributed by atoms with Crippen LogP contribution in [0.1, 0.15) is 33.6 Å². The summed E-state index contributed by atoms with van der Waals surface area (Å²) in [5, 5.41) is 5.20. The van der Waals surface area contributed by atoms with Gasteiger partial charge in [0.15, 0.2) is 5.13 Å².